The molecule has 1 aliphatic rings. The molecule has 0 unspecified atom stereocenters. The average molecular weight is 339 g/mol. The van der Waals surface area contributed by atoms with Gasteiger partial charge in [0, 0.05) is 23.7 Å². The molecule has 1 aromatic carbocycles. The molecule has 128 valence electrons. The summed E-state index contributed by atoms with van der Waals surface area (Å²) < 4.78 is 5.31. The summed E-state index contributed by atoms with van der Waals surface area (Å²) in [5.41, 5.74) is 0.681. The van der Waals surface area contributed by atoms with Gasteiger partial charge >= 0.3 is 6.09 Å². The maximum Gasteiger partial charge on any atom is 0.407 e. The number of alkyl carbamates (subject to hydrolysis) is 1. The van der Waals surface area contributed by atoms with Crippen LogP contribution in [0.5, 0.6) is 0 Å². The second kappa shape index (κ2) is 8.02. The number of nitrogens with one attached hydrogen (secondary N) is 2. The Labute approximate surface area is 143 Å². The minimum absolute atomic E-state index is 0.211. The third-order valence-electron chi connectivity index (χ3n) is 3.99. The molecule has 0 saturated heterocycles. The van der Waals surface area contributed by atoms with E-state index < -0.39 is 5.60 Å². The number of rotatable bonds is 4. The first kappa shape index (κ1) is 18.1. The van der Waals surface area contributed by atoms with Crippen LogP contribution in [0.25, 0.3) is 0 Å². The Morgan fingerprint density at radius 3 is 2.39 bits per heavy atom. The summed E-state index contributed by atoms with van der Waals surface area (Å²) in [6, 6.07) is 8.60. The number of hydrogen-bond acceptors (Lipinski definition) is 3. The Morgan fingerprint density at radius 2 is 1.78 bits per heavy atom. The Bertz CT molecular complexity index is 520. The summed E-state index contributed by atoms with van der Waals surface area (Å²) in [7, 11) is 0. The van der Waals surface area contributed by atoms with Crippen LogP contribution >= 0.6 is 11.6 Å². The molecule has 0 bridgehead atoms. The van der Waals surface area contributed by atoms with E-state index >= 15 is 0 Å². The number of ether oxygens (including phenoxy) is 1. The van der Waals surface area contributed by atoms with Crippen molar-refractivity contribution in [2.24, 2.45) is 0 Å². The normalized spacial score (nSPS) is 21.7. The number of benzene rings is 1. The molecule has 4 nitrogen and oxygen atoms in total. The largest absolute Gasteiger partial charge is 0.444 e. The van der Waals surface area contributed by atoms with Gasteiger partial charge in [0.25, 0.3) is 0 Å². The average Bonchev–Trinajstić information content (AvgIpc) is 2.46. The Hall–Kier alpha value is -1.26. The van der Waals surface area contributed by atoms with Crippen LogP contribution in [-0.2, 0) is 11.3 Å². The van der Waals surface area contributed by atoms with E-state index in [1.165, 1.54) is 0 Å². The third kappa shape index (κ3) is 6.40. The predicted octanol–water partition coefficient (Wildman–Crippen LogP) is 4.27. The summed E-state index contributed by atoms with van der Waals surface area (Å²) in [5.74, 6) is 0. The van der Waals surface area contributed by atoms with E-state index in [0.29, 0.717) is 6.04 Å². The van der Waals surface area contributed by atoms with Crippen LogP contribution in [0.1, 0.15) is 52.0 Å². The number of halogens is 1. The maximum atomic E-state index is 11.8. The molecule has 0 aliphatic heterocycles. The highest BCUT2D eigenvalue weighted by Gasteiger charge is 2.24. The first-order valence-electron chi connectivity index (χ1n) is 8.30. The molecule has 1 amide bonds. The van der Waals surface area contributed by atoms with Gasteiger partial charge in [0.15, 0.2) is 0 Å². The lowest BCUT2D eigenvalue weighted by Gasteiger charge is -2.30. The SMILES string of the molecule is CC(C)(C)OC(=O)NC1CCC(NCc2ccccc2Cl)CC1. The molecule has 5 heteroatoms. The first-order valence-corrected chi connectivity index (χ1v) is 8.67. The van der Waals surface area contributed by atoms with Crippen molar-refractivity contribution in [2.45, 2.75) is 70.7 Å². The van der Waals surface area contributed by atoms with Crippen molar-refractivity contribution in [1.29, 1.82) is 0 Å². The molecule has 0 atom stereocenters. The van der Waals surface area contributed by atoms with Gasteiger partial charge < -0.3 is 15.4 Å². The molecular formula is C18H27ClN2O2. The van der Waals surface area contributed by atoms with Crippen LogP contribution < -0.4 is 10.6 Å². The van der Waals surface area contributed by atoms with Gasteiger partial charge in [0.05, 0.1) is 0 Å². The summed E-state index contributed by atoms with van der Waals surface area (Å²) in [6.45, 7) is 6.42. The summed E-state index contributed by atoms with van der Waals surface area (Å²) in [4.78, 5) is 11.8. The smallest absolute Gasteiger partial charge is 0.407 e. The van der Waals surface area contributed by atoms with Crippen molar-refractivity contribution in [3.05, 3.63) is 34.9 Å². The molecule has 1 fully saturated rings. The monoisotopic (exact) mass is 338 g/mol. The summed E-state index contributed by atoms with van der Waals surface area (Å²) in [5, 5.41) is 7.34. The molecule has 23 heavy (non-hydrogen) atoms. The number of carbonyl (C=O) groups is 1. The Kier molecular flexibility index (Phi) is 6.31. The predicted molar refractivity (Wildman–Crippen MR) is 93.7 cm³/mol. The fourth-order valence-electron chi connectivity index (χ4n) is 2.81. The number of amides is 1. The van der Waals surface area contributed by atoms with Gasteiger partial charge in [0.2, 0.25) is 0 Å². The molecule has 1 aromatic rings. The van der Waals surface area contributed by atoms with Crippen LogP contribution in [0.4, 0.5) is 4.79 Å². The standard InChI is InChI=1S/C18H27ClN2O2/c1-18(2,3)23-17(22)21-15-10-8-14(9-11-15)20-12-13-6-4-5-7-16(13)19/h4-7,14-15,20H,8-12H2,1-3H3,(H,21,22). The molecule has 1 aliphatic carbocycles. The molecule has 0 heterocycles. The van der Waals surface area contributed by atoms with Crippen molar-refractivity contribution >= 4 is 17.7 Å². The van der Waals surface area contributed by atoms with Gasteiger partial charge in [-0.3, -0.25) is 0 Å². The van der Waals surface area contributed by atoms with E-state index in [9.17, 15) is 4.79 Å². The third-order valence-corrected chi connectivity index (χ3v) is 4.36. The number of hydrogen-bond donors (Lipinski definition) is 2. The molecule has 0 spiro atoms. The van der Waals surface area contributed by atoms with Gasteiger partial charge in [0.1, 0.15) is 5.60 Å². The van der Waals surface area contributed by atoms with E-state index in [4.69, 9.17) is 16.3 Å². The van der Waals surface area contributed by atoms with Gasteiger partial charge in [-0.2, -0.15) is 0 Å². The summed E-state index contributed by atoms with van der Waals surface area (Å²) >= 11 is 6.17. The molecular weight excluding hydrogens is 312 g/mol. The van der Waals surface area contributed by atoms with E-state index in [2.05, 4.69) is 10.6 Å². The zero-order chi connectivity index (χ0) is 16.9. The summed E-state index contributed by atoms with van der Waals surface area (Å²) in [6.07, 6.45) is 3.72. The van der Waals surface area contributed by atoms with Crippen molar-refractivity contribution in [2.75, 3.05) is 0 Å². The molecule has 2 rings (SSSR count). The highest BCUT2D eigenvalue weighted by molar-refractivity contribution is 6.31. The van der Waals surface area contributed by atoms with E-state index in [-0.39, 0.29) is 12.1 Å². The van der Waals surface area contributed by atoms with Crippen LogP contribution in [0.3, 0.4) is 0 Å². The van der Waals surface area contributed by atoms with Crippen LogP contribution in [0.15, 0.2) is 24.3 Å². The van der Waals surface area contributed by atoms with Crippen molar-refractivity contribution in [3.63, 3.8) is 0 Å². The van der Waals surface area contributed by atoms with Crippen molar-refractivity contribution in [1.82, 2.24) is 10.6 Å². The number of carbonyl (C=O) groups excluding carboxylic acids is 1. The van der Waals surface area contributed by atoms with Crippen molar-refractivity contribution in [3.8, 4) is 0 Å². The fourth-order valence-corrected chi connectivity index (χ4v) is 3.01. The van der Waals surface area contributed by atoms with Gasteiger partial charge in [-0.15, -0.1) is 0 Å². The van der Waals surface area contributed by atoms with Crippen molar-refractivity contribution < 1.29 is 9.53 Å². The zero-order valence-electron chi connectivity index (χ0n) is 14.2. The Balaban J connectivity index is 1.70. The second-order valence-corrected chi connectivity index (χ2v) is 7.57. The highest BCUT2D eigenvalue weighted by atomic mass is 35.5. The Morgan fingerprint density at radius 1 is 1.17 bits per heavy atom. The lowest BCUT2D eigenvalue weighted by atomic mass is 9.91. The molecule has 0 radical (unpaired) electrons. The van der Waals surface area contributed by atoms with Gasteiger partial charge in [-0.05, 0) is 58.1 Å². The van der Waals surface area contributed by atoms with E-state index in [0.717, 1.165) is 42.8 Å². The second-order valence-electron chi connectivity index (χ2n) is 7.17. The maximum absolute atomic E-state index is 11.8. The first-order chi connectivity index (χ1) is 10.8. The highest BCUT2D eigenvalue weighted by Crippen LogP contribution is 2.21. The molecule has 1 saturated carbocycles. The quantitative estimate of drug-likeness (QED) is 0.862. The van der Waals surface area contributed by atoms with Crippen LogP contribution in [-0.4, -0.2) is 23.8 Å². The van der Waals surface area contributed by atoms with Gasteiger partial charge in [-0.1, -0.05) is 29.8 Å². The molecule has 2 N–H and O–H groups in total. The van der Waals surface area contributed by atoms with E-state index in [1.807, 2.05) is 45.0 Å². The molecule has 0 aromatic heterocycles. The fraction of sp³-hybridized carbons (Fsp3) is 0.611. The lowest BCUT2D eigenvalue weighted by molar-refractivity contribution is 0.0490. The van der Waals surface area contributed by atoms with Gasteiger partial charge in [-0.25, -0.2) is 4.79 Å². The zero-order valence-corrected chi connectivity index (χ0v) is 15.0. The lowest BCUT2D eigenvalue weighted by Crippen LogP contribution is -2.43. The van der Waals surface area contributed by atoms with Crippen LogP contribution in [0, 0.1) is 0 Å². The van der Waals surface area contributed by atoms with Crippen LogP contribution in [0.2, 0.25) is 5.02 Å². The van der Waals surface area contributed by atoms with E-state index in [1.54, 1.807) is 0 Å². The minimum atomic E-state index is -0.447. The minimum Gasteiger partial charge on any atom is -0.444 e. The topological polar surface area (TPSA) is 50.4 Å².